The van der Waals surface area contributed by atoms with Crippen LogP contribution in [0.5, 0.6) is 0 Å². The smallest absolute Gasteiger partial charge is 0.201 e. The van der Waals surface area contributed by atoms with E-state index in [4.69, 9.17) is 5.48 Å². The Kier molecular flexibility index (Phi) is 23.3. The average molecular weight is 1220 g/mol. The van der Waals surface area contributed by atoms with Crippen molar-refractivity contribution in [2.75, 3.05) is 0 Å². The molecule has 0 saturated heterocycles. The summed E-state index contributed by atoms with van der Waals surface area (Å²) in [5, 5.41) is 0. The Bertz CT molecular complexity index is 4250. The summed E-state index contributed by atoms with van der Waals surface area (Å²) in [4.78, 5) is 0. The van der Waals surface area contributed by atoms with Crippen LogP contribution in [-0.2, 0) is 54.4 Å². The molecular formula is C86H112N5+5. The lowest BCUT2D eigenvalue weighted by Crippen LogP contribution is -2.32. The molecule has 0 aliphatic carbocycles. The average Bonchev–Trinajstić information content (AvgIpc) is 0.797. The molecule has 10 aromatic rings. The summed E-state index contributed by atoms with van der Waals surface area (Å²) >= 11 is 0. The summed E-state index contributed by atoms with van der Waals surface area (Å²) in [7, 11) is 10.4. The van der Waals surface area contributed by atoms with Crippen LogP contribution in [0.4, 0.5) is 0 Å². The summed E-state index contributed by atoms with van der Waals surface area (Å²) in [6.07, 6.45) is 8.95. The van der Waals surface area contributed by atoms with Gasteiger partial charge in [0.25, 0.3) is 0 Å². The van der Waals surface area contributed by atoms with Crippen molar-refractivity contribution in [3.63, 3.8) is 0 Å². The van der Waals surface area contributed by atoms with Gasteiger partial charge in [0.1, 0.15) is 35.2 Å². The van der Waals surface area contributed by atoms with Gasteiger partial charge in [-0.3, -0.25) is 0 Å². The molecule has 0 spiro atoms. The maximum Gasteiger partial charge on any atom is 0.212 e. The highest BCUT2D eigenvalue weighted by Gasteiger charge is 2.22. The Labute approximate surface area is 557 Å². The normalized spacial score (nSPS) is 12.2. The Morgan fingerprint density at radius 3 is 1.08 bits per heavy atom. The molecule has 5 aromatic heterocycles. The SMILES string of the molecule is CCc1c[n+](C)c(-c2ccccc2C)cc1C.Cc1ccccc1-c1cc(C(C)C)c(C)c[n+]1C.Cc1ccccc1-c1cc(C)c(C(C)C)c[n+]1C.[2H]C([2H])(c1cc[n+](C)c(-c2ccccc2C)c1)C(C)(C)C.[2H]C([2H])(c1ccc(-c2ccccc2C)[n+](C)c1)C(C)(C)C. The predicted octanol–water partition coefficient (Wildman–Crippen LogP) is 19.3. The summed E-state index contributed by atoms with van der Waals surface area (Å²) in [6.45, 7) is 40.1. The first-order chi connectivity index (χ1) is 44.4. The van der Waals surface area contributed by atoms with E-state index in [1.165, 1.54) is 101 Å². The molecule has 476 valence electrons. The van der Waals surface area contributed by atoms with Crippen molar-refractivity contribution in [3.05, 3.63) is 267 Å². The second kappa shape index (κ2) is 32.2. The number of nitrogens with zero attached hydrogens (tertiary/aromatic N) is 5. The minimum Gasteiger partial charge on any atom is -0.201 e. The first-order valence-corrected chi connectivity index (χ1v) is 32.7. The van der Waals surface area contributed by atoms with Crippen molar-refractivity contribution in [1.29, 1.82) is 0 Å². The van der Waals surface area contributed by atoms with Gasteiger partial charge in [-0.15, -0.1) is 0 Å². The molecule has 0 amide bonds. The first-order valence-electron chi connectivity index (χ1n) is 34.7. The third kappa shape index (κ3) is 20.2. The third-order valence-electron chi connectivity index (χ3n) is 16.7. The molecule has 5 heteroatoms. The minimum atomic E-state index is -1.38. The van der Waals surface area contributed by atoms with Gasteiger partial charge in [0.15, 0.2) is 31.0 Å². The van der Waals surface area contributed by atoms with Gasteiger partial charge in [-0.25, -0.2) is 22.8 Å². The van der Waals surface area contributed by atoms with Crippen molar-refractivity contribution in [2.45, 2.75) is 163 Å². The van der Waals surface area contributed by atoms with Crippen LogP contribution in [0.15, 0.2) is 195 Å². The largest absolute Gasteiger partial charge is 0.212 e. The highest BCUT2D eigenvalue weighted by Crippen LogP contribution is 2.30. The van der Waals surface area contributed by atoms with Crippen LogP contribution in [0, 0.1) is 66.2 Å². The Morgan fingerprint density at radius 2 is 0.681 bits per heavy atom. The van der Waals surface area contributed by atoms with E-state index in [1.54, 1.807) is 0 Å². The Balaban J connectivity index is 0.000000188. The summed E-state index contributed by atoms with van der Waals surface area (Å²) in [5.41, 5.74) is 27.7. The number of benzene rings is 5. The second-order valence-electron chi connectivity index (χ2n) is 27.6. The van der Waals surface area contributed by atoms with Crippen LogP contribution in [0.1, 0.15) is 166 Å². The molecule has 5 heterocycles. The first kappa shape index (κ1) is 65.8. The highest BCUT2D eigenvalue weighted by atomic mass is 14.9. The molecule has 10 rings (SSSR count). The lowest BCUT2D eigenvalue weighted by Gasteiger charge is -2.18. The zero-order chi connectivity index (χ0) is 70.7. The molecule has 5 aromatic carbocycles. The zero-order valence-electron chi connectivity index (χ0n) is 64.1. The minimum absolute atomic E-state index is 0.440. The summed E-state index contributed by atoms with van der Waals surface area (Å²) in [6, 6.07) is 56.9. The Hall–Kier alpha value is -8.15. The van der Waals surface area contributed by atoms with Gasteiger partial charge in [-0.2, -0.15) is 0 Å². The Morgan fingerprint density at radius 1 is 0.330 bits per heavy atom. The number of hydrogen-bond acceptors (Lipinski definition) is 0. The fourth-order valence-corrected chi connectivity index (χ4v) is 11.8. The van der Waals surface area contributed by atoms with E-state index in [0.29, 0.717) is 11.8 Å². The lowest BCUT2D eigenvalue weighted by molar-refractivity contribution is -0.661. The molecule has 91 heavy (non-hydrogen) atoms. The zero-order valence-corrected chi connectivity index (χ0v) is 60.1. The van der Waals surface area contributed by atoms with Crippen LogP contribution in [0.25, 0.3) is 56.3 Å². The van der Waals surface area contributed by atoms with Crippen LogP contribution >= 0.6 is 0 Å². The number of aromatic nitrogens is 5. The van der Waals surface area contributed by atoms with E-state index in [1.807, 2.05) is 126 Å². The molecule has 0 radical (unpaired) electrons. The molecule has 0 N–H and O–H groups in total. The van der Waals surface area contributed by atoms with E-state index >= 15 is 0 Å². The van der Waals surface area contributed by atoms with Gasteiger partial charge in [0, 0.05) is 92.0 Å². The molecule has 0 saturated carbocycles. The fourth-order valence-electron chi connectivity index (χ4n) is 11.8. The van der Waals surface area contributed by atoms with Gasteiger partial charge in [-0.05, 0) is 184 Å². The number of hydrogen-bond donors (Lipinski definition) is 0. The number of pyridine rings is 5. The molecule has 0 bridgehead atoms. The van der Waals surface area contributed by atoms with Crippen LogP contribution in [0.2, 0.25) is 0 Å². The highest BCUT2D eigenvalue weighted by molar-refractivity contribution is 5.65. The molecule has 0 atom stereocenters. The maximum atomic E-state index is 8.46. The molecule has 0 unspecified atom stereocenters. The van der Waals surface area contributed by atoms with Crippen molar-refractivity contribution in [3.8, 4) is 56.3 Å². The molecular weight excluding hydrogens is 1100 g/mol. The van der Waals surface area contributed by atoms with Crippen LogP contribution in [-0.4, -0.2) is 0 Å². The topological polar surface area (TPSA) is 19.4 Å². The van der Waals surface area contributed by atoms with Crippen molar-refractivity contribution < 1.29 is 28.3 Å². The monoisotopic (exact) mass is 1220 g/mol. The molecule has 0 aliphatic rings. The predicted molar refractivity (Wildman–Crippen MR) is 387 cm³/mol. The molecule has 5 nitrogen and oxygen atoms in total. The summed E-state index contributed by atoms with van der Waals surface area (Å²) < 4.78 is 44.4. The second-order valence-corrected chi connectivity index (χ2v) is 27.6. The van der Waals surface area contributed by atoms with Gasteiger partial charge in [-0.1, -0.05) is 167 Å². The van der Waals surface area contributed by atoms with Crippen LogP contribution < -0.4 is 22.8 Å². The van der Waals surface area contributed by atoms with E-state index in [9.17, 15) is 0 Å². The number of aryl methyl sites for hydroxylation is 14. The standard InChI is InChI=1S/2C18H24N.2C17H22N.C16H20N/c1-14-8-6-7-9-16(14)17-12-15(10-11-19(17)5)13-18(2,3)4;1-14-8-6-7-9-16(14)17-11-10-15(13-19(17)5)12-18(2,3)4;1-12(2)16-10-17(18(5)11-14(16)4)15-9-7-6-8-13(15)3;1-12(2)16-11-18(5)17(10-14(16)4)15-9-7-6-8-13(15)3;1-5-14-11-17(4)16(10-13(14)3)15-9-7-6-8-12(15)2/h6-12H,13H2,1-5H3;6-11,13H,12H2,1-5H3;2*6-12H,1-5H3;6-11H,5H2,1-4H3/q5*+1/i13D2;12D2;;;. The number of rotatable bonds is 10. The van der Waals surface area contributed by atoms with Gasteiger partial charge < -0.3 is 0 Å². The lowest BCUT2D eigenvalue weighted by atomic mass is 9.88. The molecule has 0 fully saturated rings. The quantitative estimate of drug-likeness (QED) is 0.122. The fraction of sp³-hybridized carbons (Fsp3) is 0.360. The van der Waals surface area contributed by atoms with E-state index < -0.39 is 23.6 Å². The third-order valence-corrected chi connectivity index (χ3v) is 16.7. The molecule has 0 aliphatic heterocycles. The maximum absolute atomic E-state index is 8.46. The van der Waals surface area contributed by atoms with Gasteiger partial charge in [0.2, 0.25) is 28.5 Å². The summed E-state index contributed by atoms with van der Waals surface area (Å²) in [5.74, 6) is 1.14. The van der Waals surface area contributed by atoms with Crippen molar-refractivity contribution in [1.82, 2.24) is 0 Å². The van der Waals surface area contributed by atoms with Gasteiger partial charge >= 0.3 is 0 Å². The van der Waals surface area contributed by atoms with Crippen molar-refractivity contribution >= 4 is 0 Å². The van der Waals surface area contributed by atoms with Crippen molar-refractivity contribution in [2.24, 2.45) is 46.1 Å². The van der Waals surface area contributed by atoms with Gasteiger partial charge in [0.05, 0.1) is 0 Å². The van der Waals surface area contributed by atoms with E-state index in [2.05, 4.69) is 259 Å². The van der Waals surface area contributed by atoms with Crippen LogP contribution in [0.3, 0.4) is 0 Å². The van der Waals surface area contributed by atoms with E-state index in [0.717, 1.165) is 34.5 Å². The van der Waals surface area contributed by atoms with E-state index in [-0.39, 0.29) is 0 Å².